The maximum Gasteiger partial charge on any atom is 0.330 e. The molecule has 34 heavy (non-hydrogen) atoms. The molecule has 0 radical (unpaired) electrons. The third-order valence-corrected chi connectivity index (χ3v) is 5.98. The molecular weight excluding hydrogens is 456 g/mol. The average molecular weight is 477 g/mol. The number of fused-ring (bicyclic) bond motifs is 1. The van der Waals surface area contributed by atoms with E-state index in [1.807, 2.05) is 6.07 Å². The fourth-order valence-electron chi connectivity index (χ4n) is 3.77. The van der Waals surface area contributed by atoms with Crippen LogP contribution in [0.3, 0.4) is 0 Å². The molecule has 1 unspecified atom stereocenters. The molecule has 0 aromatic heterocycles. The van der Waals surface area contributed by atoms with Crippen LogP contribution in [0, 0.1) is 6.92 Å². The van der Waals surface area contributed by atoms with Crippen molar-refractivity contribution in [1.82, 2.24) is 4.90 Å². The summed E-state index contributed by atoms with van der Waals surface area (Å²) < 4.78 is 5.26. The molecule has 8 heteroatoms. The van der Waals surface area contributed by atoms with Crippen LogP contribution in [-0.4, -0.2) is 41.2 Å². The fourth-order valence-corrected chi connectivity index (χ4v) is 3.94. The molecule has 0 fully saturated rings. The zero-order valence-electron chi connectivity index (χ0n) is 18.3. The lowest BCUT2D eigenvalue weighted by molar-refractivity contribution is -0.151. The van der Waals surface area contributed by atoms with E-state index >= 15 is 0 Å². The van der Waals surface area contributed by atoms with Crippen molar-refractivity contribution >= 4 is 41.0 Å². The first-order valence-corrected chi connectivity index (χ1v) is 11.0. The molecule has 172 valence electrons. The van der Waals surface area contributed by atoms with Gasteiger partial charge in [0.25, 0.3) is 17.7 Å². The van der Waals surface area contributed by atoms with Crippen LogP contribution in [-0.2, 0) is 20.7 Å². The minimum Gasteiger partial charge on any atom is -0.454 e. The summed E-state index contributed by atoms with van der Waals surface area (Å²) in [5, 5.41) is 3.14. The van der Waals surface area contributed by atoms with Crippen molar-refractivity contribution in [1.29, 1.82) is 0 Å². The molecule has 3 aromatic rings. The van der Waals surface area contributed by atoms with Crippen molar-refractivity contribution in [3.05, 3.63) is 100 Å². The summed E-state index contributed by atoms with van der Waals surface area (Å²) in [5.41, 5.74) is 2.37. The maximum absolute atomic E-state index is 13.1. The highest BCUT2D eigenvalue weighted by molar-refractivity contribution is 6.31. The van der Waals surface area contributed by atoms with Gasteiger partial charge in [0.05, 0.1) is 11.1 Å². The van der Waals surface area contributed by atoms with E-state index < -0.39 is 36.3 Å². The molecular formula is C26H21ClN2O5. The normalized spacial score (nSPS) is 13.4. The number of ether oxygens (including phenoxy) is 1. The van der Waals surface area contributed by atoms with E-state index in [9.17, 15) is 19.2 Å². The fraction of sp³-hybridized carbons (Fsp3) is 0.154. The third-order valence-electron chi connectivity index (χ3n) is 5.57. The molecule has 4 rings (SSSR count). The van der Waals surface area contributed by atoms with Gasteiger partial charge in [0, 0.05) is 17.1 Å². The van der Waals surface area contributed by atoms with Crippen molar-refractivity contribution < 1.29 is 23.9 Å². The van der Waals surface area contributed by atoms with Crippen molar-refractivity contribution in [2.75, 3.05) is 11.9 Å². The molecule has 3 amide bonds. The van der Waals surface area contributed by atoms with Crippen molar-refractivity contribution in [2.45, 2.75) is 19.4 Å². The summed E-state index contributed by atoms with van der Waals surface area (Å²) in [7, 11) is 0. The zero-order valence-corrected chi connectivity index (χ0v) is 19.0. The first-order valence-electron chi connectivity index (χ1n) is 10.6. The van der Waals surface area contributed by atoms with Gasteiger partial charge in [-0.3, -0.25) is 19.3 Å². The van der Waals surface area contributed by atoms with E-state index in [2.05, 4.69) is 5.32 Å². The van der Waals surface area contributed by atoms with Crippen LogP contribution in [0.5, 0.6) is 0 Å². The monoisotopic (exact) mass is 476 g/mol. The van der Waals surface area contributed by atoms with Crippen LogP contribution in [0.1, 0.15) is 31.8 Å². The molecule has 1 atom stereocenters. The van der Waals surface area contributed by atoms with Gasteiger partial charge in [-0.1, -0.05) is 60.1 Å². The molecule has 0 saturated heterocycles. The van der Waals surface area contributed by atoms with Crippen molar-refractivity contribution in [3.63, 3.8) is 0 Å². The van der Waals surface area contributed by atoms with Gasteiger partial charge in [-0.25, -0.2) is 4.79 Å². The average Bonchev–Trinajstić information content (AvgIpc) is 3.09. The smallest absolute Gasteiger partial charge is 0.330 e. The van der Waals surface area contributed by atoms with E-state index in [0.717, 1.165) is 10.5 Å². The van der Waals surface area contributed by atoms with Gasteiger partial charge in [0.2, 0.25) is 0 Å². The molecule has 7 nitrogen and oxygen atoms in total. The number of esters is 1. The number of hydrogen-bond donors (Lipinski definition) is 1. The molecule has 0 spiro atoms. The second kappa shape index (κ2) is 9.89. The Bertz CT molecular complexity index is 1240. The highest BCUT2D eigenvalue weighted by atomic mass is 35.5. The number of nitrogens with zero attached hydrogens (tertiary/aromatic N) is 1. The van der Waals surface area contributed by atoms with Crippen LogP contribution < -0.4 is 5.32 Å². The Morgan fingerprint density at radius 1 is 0.912 bits per heavy atom. The van der Waals surface area contributed by atoms with Crippen LogP contribution in [0.4, 0.5) is 5.69 Å². The Morgan fingerprint density at radius 3 is 2.18 bits per heavy atom. The lowest BCUT2D eigenvalue weighted by Crippen LogP contribution is -2.47. The second-order valence-corrected chi connectivity index (χ2v) is 8.21. The van der Waals surface area contributed by atoms with Gasteiger partial charge in [0.1, 0.15) is 6.04 Å². The number of carbonyl (C=O) groups excluding carboxylic acids is 4. The Kier molecular flexibility index (Phi) is 6.75. The van der Waals surface area contributed by atoms with Crippen LogP contribution >= 0.6 is 11.6 Å². The van der Waals surface area contributed by atoms with Gasteiger partial charge in [-0.15, -0.1) is 0 Å². The number of anilines is 1. The highest BCUT2D eigenvalue weighted by Crippen LogP contribution is 2.27. The predicted molar refractivity (Wildman–Crippen MR) is 127 cm³/mol. The summed E-state index contributed by atoms with van der Waals surface area (Å²) in [6.45, 7) is 1.17. The Balaban J connectivity index is 1.52. The minimum absolute atomic E-state index is 0.0557. The Hall–Kier alpha value is -3.97. The number of halogens is 1. The molecule has 0 aliphatic carbocycles. The molecule has 0 bridgehead atoms. The largest absolute Gasteiger partial charge is 0.454 e. The molecule has 1 aliphatic rings. The topological polar surface area (TPSA) is 92.8 Å². The van der Waals surface area contributed by atoms with Gasteiger partial charge in [-0.2, -0.15) is 0 Å². The number of imide groups is 1. The summed E-state index contributed by atoms with van der Waals surface area (Å²) >= 11 is 6.08. The molecule has 0 saturated carbocycles. The highest BCUT2D eigenvalue weighted by Gasteiger charge is 2.43. The lowest BCUT2D eigenvalue weighted by Gasteiger charge is -2.24. The second-order valence-electron chi connectivity index (χ2n) is 7.80. The minimum atomic E-state index is -1.23. The Labute approximate surface area is 201 Å². The van der Waals surface area contributed by atoms with E-state index in [1.54, 1.807) is 73.7 Å². The number of hydrogen-bond acceptors (Lipinski definition) is 5. The first-order chi connectivity index (χ1) is 16.4. The van der Waals surface area contributed by atoms with Crippen molar-refractivity contribution in [2.24, 2.45) is 0 Å². The SMILES string of the molecule is Cc1c(Cl)cccc1NC(=O)COC(=O)C(Cc1ccccc1)N1C(=O)c2ccccc2C1=O. The number of carbonyl (C=O) groups is 4. The van der Waals surface area contributed by atoms with Crippen LogP contribution in [0.2, 0.25) is 5.02 Å². The van der Waals surface area contributed by atoms with Crippen molar-refractivity contribution in [3.8, 4) is 0 Å². The standard InChI is InChI=1S/C26H21ClN2O5/c1-16-20(27)12-7-13-21(16)28-23(30)15-34-26(33)22(14-17-8-3-2-4-9-17)29-24(31)18-10-5-6-11-19(18)25(29)32/h2-13,22H,14-15H2,1H3,(H,28,30). The number of amides is 3. The summed E-state index contributed by atoms with van der Waals surface area (Å²) in [5.74, 6) is -2.56. The maximum atomic E-state index is 13.1. The molecule has 1 heterocycles. The Morgan fingerprint density at radius 2 is 1.53 bits per heavy atom. The van der Waals surface area contributed by atoms with Crippen LogP contribution in [0.15, 0.2) is 72.8 Å². The first kappa shape index (κ1) is 23.2. The predicted octanol–water partition coefficient (Wildman–Crippen LogP) is 4.04. The van der Waals surface area contributed by atoms with E-state index in [0.29, 0.717) is 16.3 Å². The van der Waals surface area contributed by atoms with E-state index in [-0.39, 0.29) is 17.5 Å². The number of nitrogens with one attached hydrogen (secondary N) is 1. The van der Waals surface area contributed by atoms with E-state index in [4.69, 9.17) is 16.3 Å². The van der Waals surface area contributed by atoms with Gasteiger partial charge < -0.3 is 10.1 Å². The molecule has 1 aliphatic heterocycles. The molecule has 1 N–H and O–H groups in total. The van der Waals surface area contributed by atoms with Gasteiger partial charge >= 0.3 is 5.97 Å². The summed E-state index contributed by atoms with van der Waals surface area (Å²) in [6.07, 6.45) is 0.0557. The van der Waals surface area contributed by atoms with Gasteiger partial charge in [-0.05, 0) is 42.3 Å². The quantitative estimate of drug-likeness (QED) is 0.410. The van der Waals surface area contributed by atoms with Gasteiger partial charge in [0.15, 0.2) is 6.61 Å². The van der Waals surface area contributed by atoms with E-state index in [1.165, 1.54) is 0 Å². The zero-order chi connectivity index (χ0) is 24.2. The van der Waals surface area contributed by atoms with Crippen LogP contribution in [0.25, 0.3) is 0 Å². The number of benzene rings is 3. The third kappa shape index (κ3) is 4.70. The number of rotatable bonds is 7. The summed E-state index contributed by atoms with van der Waals surface area (Å²) in [6, 6.07) is 19.2. The summed E-state index contributed by atoms with van der Waals surface area (Å²) in [4.78, 5) is 52.4. The lowest BCUT2D eigenvalue weighted by atomic mass is 10.0. The molecule has 3 aromatic carbocycles.